The monoisotopic (exact) mass is 344 g/mol. The first-order valence-electron chi connectivity index (χ1n) is 6.91. The lowest BCUT2D eigenvalue weighted by molar-refractivity contribution is -0.142. The van der Waals surface area contributed by atoms with E-state index in [1.165, 1.54) is 16.3 Å². The molecule has 1 aliphatic heterocycles. The van der Waals surface area contributed by atoms with Crippen molar-refractivity contribution in [2.45, 2.75) is 17.1 Å². The lowest BCUT2D eigenvalue weighted by atomic mass is 9.92. The lowest BCUT2D eigenvalue weighted by Crippen LogP contribution is -2.29. The van der Waals surface area contributed by atoms with Crippen LogP contribution in [0.1, 0.15) is 23.2 Å². The standard InChI is InChI=1S/C13H16N2O5S2/c14-22(19,20)11-3-8(6-21-11)12(16)15-4-9(7-1-2-7)10(5-15)13(17)18/h3,6-7,9-10H,1-2,4-5H2,(H,17,18)(H2,14,19,20)/t9-,10+/m1/s1. The number of primary sulfonamides is 1. The molecule has 0 spiro atoms. The van der Waals surface area contributed by atoms with Gasteiger partial charge in [0, 0.05) is 18.5 Å². The molecular weight excluding hydrogens is 328 g/mol. The van der Waals surface area contributed by atoms with Crippen molar-refractivity contribution in [3.05, 3.63) is 17.0 Å². The topological polar surface area (TPSA) is 118 Å². The van der Waals surface area contributed by atoms with E-state index in [-0.39, 0.29) is 28.1 Å². The Labute approximate surface area is 131 Å². The molecule has 9 heteroatoms. The number of sulfonamides is 1. The SMILES string of the molecule is NS(=O)(=O)c1cc(C(=O)N2C[C@H](C(=O)O)[C@@H](C3CC3)C2)cs1. The molecule has 0 aromatic carbocycles. The Kier molecular flexibility index (Phi) is 3.74. The first-order chi connectivity index (χ1) is 10.3. The molecular formula is C13H16N2O5S2. The van der Waals surface area contributed by atoms with Crippen LogP contribution in [0.3, 0.4) is 0 Å². The summed E-state index contributed by atoms with van der Waals surface area (Å²) in [5.41, 5.74) is 0.245. The third-order valence-corrected chi connectivity index (χ3v) is 6.69. The van der Waals surface area contributed by atoms with E-state index < -0.39 is 21.9 Å². The van der Waals surface area contributed by atoms with Crippen molar-refractivity contribution in [3.63, 3.8) is 0 Å². The second-order valence-corrected chi connectivity index (χ2v) is 8.56. The Morgan fingerprint density at radius 1 is 1.32 bits per heavy atom. The number of hydrogen-bond donors (Lipinski definition) is 2. The van der Waals surface area contributed by atoms with Gasteiger partial charge in [-0.2, -0.15) is 0 Å². The minimum Gasteiger partial charge on any atom is -0.481 e. The zero-order chi connectivity index (χ0) is 16.1. The van der Waals surface area contributed by atoms with Gasteiger partial charge in [-0.25, -0.2) is 13.6 Å². The van der Waals surface area contributed by atoms with E-state index >= 15 is 0 Å². The molecule has 1 aromatic heterocycles. The van der Waals surface area contributed by atoms with Gasteiger partial charge in [0.15, 0.2) is 0 Å². The fourth-order valence-corrected chi connectivity index (χ4v) is 4.60. The third-order valence-electron chi connectivity index (χ3n) is 4.30. The number of nitrogens with two attached hydrogens (primary N) is 1. The summed E-state index contributed by atoms with van der Waals surface area (Å²) in [6.07, 6.45) is 2.04. The molecule has 2 atom stereocenters. The summed E-state index contributed by atoms with van der Waals surface area (Å²) in [5, 5.41) is 15.8. The highest BCUT2D eigenvalue weighted by Gasteiger charge is 2.47. The normalized spacial score (nSPS) is 25.4. The van der Waals surface area contributed by atoms with Gasteiger partial charge in [0.2, 0.25) is 10.0 Å². The second kappa shape index (κ2) is 5.32. The molecule has 1 saturated heterocycles. The summed E-state index contributed by atoms with van der Waals surface area (Å²) < 4.78 is 22.5. The fourth-order valence-electron chi connectivity index (χ4n) is 3.02. The fraction of sp³-hybridized carbons (Fsp3) is 0.538. The second-order valence-electron chi connectivity index (χ2n) is 5.86. The van der Waals surface area contributed by atoms with Gasteiger partial charge in [0.1, 0.15) is 4.21 Å². The third kappa shape index (κ3) is 2.88. The van der Waals surface area contributed by atoms with Crippen LogP contribution in [0.25, 0.3) is 0 Å². The van der Waals surface area contributed by atoms with Crippen molar-refractivity contribution in [1.82, 2.24) is 4.90 Å². The van der Waals surface area contributed by atoms with Crippen LogP contribution in [0.15, 0.2) is 15.7 Å². The lowest BCUT2D eigenvalue weighted by Gasteiger charge is -2.15. The number of carboxylic acid groups (broad SMARTS) is 1. The molecule has 2 heterocycles. The summed E-state index contributed by atoms with van der Waals surface area (Å²) in [6.45, 7) is 0.594. The van der Waals surface area contributed by atoms with Crippen LogP contribution in [0.5, 0.6) is 0 Å². The minimum absolute atomic E-state index is 0.00204. The van der Waals surface area contributed by atoms with E-state index in [9.17, 15) is 23.1 Å². The number of aliphatic carboxylic acids is 1. The maximum atomic E-state index is 12.4. The van der Waals surface area contributed by atoms with Gasteiger partial charge >= 0.3 is 5.97 Å². The van der Waals surface area contributed by atoms with E-state index in [1.54, 1.807) is 0 Å². The Hall–Kier alpha value is -1.45. The minimum atomic E-state index is -3.82. The highest BCUT2D eigenvalue weighted by Crippen LogP contribution is 2.44. The summed E-state index contributed by atoms with van der Waals surface area (Å²) in [4.78, 5) is 25.3. The van der Waals surface area contributed by atoms with Gasteiger partial charge in [-0.3, -0.25) is 9.59 Å². The van der Waals surface area contributed by atoms with Crippen molar-refractivity contribution < 1.29 is 23.1 Å². The molecule has 3 rings (SSSR count). The highest BCUT2D eigenvalue weighted by atomic mass is 32.2. The number of carboxylic acids is 1. The molecule has 2 aliphatic rings. The van der Waals surface area contributed by atoms with Gasteiger partial charge in [0.05, 0.1) is 11.5 Å². The number of carbonyl (C=O) groups excluding carboxylic acids is 1. The van der Waals surface area contributed by atoms with E-state index in [4.69, 9.17) is 5.14 Å². The van der Waals surface area contributed by atoms with Crippen LogP contribution in [-0.4, -0.2) is 43.4 Å². The molecule has 0 unspecified atom stereocenters. The Morgan fingerprint density at radius 3 is 2.50 bits per heavy atom. The molecule has 1 amide bonds. The van der Waals surface area contributed by atoms with Crippen LogP contribution in [0, 0.1) is 17.8 Å². The van der Waals surface area contributed by atoms with Gasteiger partial charge < -0.3 is 10.0 Å². The summed E-state index contributed by atoms with van der Waals surface area (Å²) in [5.74, 6) is -1.35. The Morgan fingerprint density at radius 2 is 2.00 bits per heavy atom. The quantitative estimate of drug-likeness (QED) is 0.828. The summed E-state index contributed by atoms with van der Waals surface area (Å²) >= 11 is 0.893. The number of amides is 1. The number of nitrogens with zero attached hydrogens (tertiary/aromatic N) is 1. The highest BCUT2D eigenvalue weighted by molar-refractivity contribution is 7.91. The zero-order valence-corrected chi connectivity index (χ0v) is 13.3. The first-order valence-corrected chi connectivity index (χ1v) is 9.33. The predicted molar refractivity (Wildman–Crippen MR) is 78.9 cm³/mol. The number of carbonyl (C=O) groups is 2. The molecule has 0 radical (unpaired) electrons. The average Bonchev–Trinajstić information content (AvgIpc) is 3.00. The van der Waals surface area contributed by atoms with E-state index in [0.29, 0.717) is 12.5 Å². The number of likely N-dealkylation sites (tertiary alicyclic amines) is 1. The smallest absolute Gasteiger partial charge is 0.308 e. The van der Waals surface area contributed by atoms with Crippen molar-refractivity contribution >= 4 is 33.2 Å². The molecule has 1 saturated carbocycles. The van der Waals surface area contributed by atoms with Crippen molar-refractivity contribution in [2.75, 3.05) is 13.1 Å². The molecule has 1 aliphatic carbocycles. The molecule has 22 heavy (non-hydrogen) atoms. The molecule has 1 aromatic rings. The summed E-state index contributed by atoms with van der Waals surface area (Å²) in [6, 6.07) is 1.25. The van der Waals surface area contributed by atoms with E-state index in [1.807, 2.05) is 0 Å². The van der Waals surface area contributed by atoms with E-state index in [0.717, 1.165) is 24.2 Å². The maximum Gasteiger partial charge on any atom is 0.308 e. The van der Waals surface area contributed by atoms with Crippen molar-refractivity contribution in [3.8, 4) is 0 Å². The van der Waals surface area contributed by atoms with Crippen molar-refractivity contribution in [2.24, 2.45) is 22.9 Å². The van der Waals surface area contributed by atoms with Crippen LogP contribution in [0.4, 0.5) is 0 Å². The first kappa shape index (κ1) is 15.4. The predicted octanol–water partition coefficient (Wildman–Crippen LogP) is 0.578. The number of hydrogen-bond acceptors (Lipinski definition) is 5. The number of rotatable bonds is 4. The summed E-state index contributed by atoms with van der Waals surface area (Å²) in [7, 11) is -3.82. The molecule has 3 N–H and O–H groups in total. The largest absolute Gasteiger partial charge is 0.481 e. The Bertz CT molecular complexity index is 723. The van der Waals surface area contributed by atoms with Gasteiger partial charge in [0.25, 0.3) is 5.91 Å². The van der Waals surface area contributed by atoms with Crippen LogP contribution >= 0.6 is 11.3 Å². The zero-order valence-electron chi connectivity index (χ0n) is 11.6. The molecule has 0 bridgehead atoms. The average molecular weight is 344 g/mol. The van der Waals surface area contributed by atoms with Crippen molar-refractivity contribution in [1.29, 1.82) is 0 Å². The number of thiophene rings is 1. The molecule has 2 fully saturated rings. The molecule has 120 valence electrons. The Balaban J connectivity index is 1.78. The van der Waals surface area contributed by atoms with Crippen LogP contribution in [0.2, 0.25) is 0 Å². The maximum absolute atomic E-state index is 12.4. The van der Waals surface area contributed by atoms with E-state index in [2.05, 4.69) is 0 Å². The molecule has 7 nitrogen and oxygen atoms in total. The van der Waals surface area contributed by atoms with Gasteiger partial charge in [-0.05, 0) is 30.7 Å². The van der Waals surface area contributed by atoms with Crippen LogP contribution < -0.4 is 5.14 Å². The van der Waals surface area contributed by atoms with Crippen LogP contribution in [-0.2, 0) is 14.8 Å². The van der Waals surface area contributed by atoms with Gasteiger partial charge in [-0.15, -0.1) is 11.3 Å². The van der Waals surface area contributed by atoms with Gasteiger partial charge in [-0.1, -0.05) is 0 Å².